The van der Waals surface area contributed by atoms with E-state index in [-0.39, 0.29) is 19.4 Å². The Morgan fingerprint density at radius 1 is 1.40 bits per heavy atom. The highest BCUT2D eigenvalue weighted by Crippen LogP contribution is 2.32. The number of carboxylic acid groups (broad SMARTS) is 1. The summed E-state index contributed by atoms with van der Waals surface area (Å²) in [4.78, 5) is 23.9. The number of aliphatic carboxylic acids is 1. The van der Waals surface area contributed by atoms with Crippen LogP contribution < -0.4 is 0 Å². The molecule has 0 fully saturated rings. The first-order valence-electron chi connectivity index (χ1n) is 6.09. The summed E-state index contributed by atoms with van der Waals surface area (Å²) in [5, 5.41) is 10.0. The van der Waals surface area contributed by atoms with E-state index in [0.29, 0.717) is 10.6 Å². The van der Waals surface area contributed by atoms with E-state index in [1.165, 1.54) is 24.3 Å². The number of ether oxygens (including phenoxy) is 1. The fraction of sp³-hybridized carbons (Fsp3) is 0.333. The maximum atomic E-state index is 12.2. The van der Waals surface area contributed by atoms with Gasteiger partial charge in [0.15, 0.2) is 5.41 Å². The minimum Gasteiger partial charge on any atom is -0.480 e. The molecule has 1 N–H and O–H groups in total. The second kappa shape index (κ2) is 6.97. The van der Waals surface area contributed by atoms with Gasteiger partial charge in [0.25, 0.3) is 0 Å². The van der Waals surface area contributed by atoms with Crippen LogP contribution in [0.3, 0.4) is 0 Å². The van der Waals surface area contributed by atoms with Gasteiger partial charge in [-0.3, -0.25) is 9.59 Å². The molecule has 0 saturated heterocycles. The van der Waals surface area contributed by atoms with Gasteiger partial charge in [0.05, 0.1) is 6.61 Å². The van der Waals surface area contributed by atoms with Crippen molar-refractivity contribution in [1.82, 2.24) is 0 Å². The van der Waals surface area contributed by atoms with Crippen LogP contribution in [0, 0.1) is 12.3 Å². The number of carbonyl (C=O) groups is 2. The van der Waals surface area contributed by atoms with Crippen molar-refractivity contribution in [1.29, 1.82) is 0 Å². The number of hydrogen-bond acceptors (Lipinski definition) is 3. The fourth-order valence-electron chi connectivity index (χ4n) is 1.93. The smallest absolute Gasteiger partial charge is 0.328 e. The van der Waals surface area contributed by atoms with Crippen molar-refractivity contribution in [3.8, 4) is 12.3 Å². The molecule has 1 atom stereocenters. The monoisotopic (exact) mass is 294 g/mol. The van der Waals surface area contributed by atoms with Crippen LogP contribution in [0.15, 0.2) is 24.3 Å². The standard InChI is InChI=1S/C15H15ClO4/c1-3-5-10-15(13(17)18,14(19)20-4-2)11-6-8-12(16)9-7-11/h1,6-9H,4-5,10H2,2H3,(H,17,18). The zero-order chi connectivity index (χ0) is 15.2. The number of esters is 1. The van der Waals surface area contributed by atoms with E-state index in [2.05, 4.69) is 5.92 Å². The van der Waals surface area contributed by atoms with E-state index in [1.54, 1.807) is 6.92 Å². The Hall–Kier alpha value is -1.99. The number of hydrogen-bond donors (Lipinski definition) is 1. The number of carbonyl (C=O) groups excluding carboxylic acids is 1. The average Bonchev–Trinajstić information content (AvgIpc) is 2.41. The molecule has 0 aliphatic heterocycles. The molecular formula is C15H15ClO4. The van der Waals surface area contributed by atoms with E-state index in [0.717, 1.165) is 0 Å². The minimum atomic E-state index is -1.80. The van der Waals surface area contributed by atoms with Crippen molar-refractivity contribution >= 4 is 23.5 Å². The fourth-order valence-corrected chi connectivity index (χ4v) is 2.06. The van der Waals surface area contributed by atoms with Crippen LogP contribution in [0.2, 0.25) is 5.02 Å². The molecule has 1 unspecified atom stereocenters. The van der Waals surface area contributed by atoms with Gasteiger partial charge in [-0.1, -0.05) is 23.7 Å². The molecule has 5 heteroatoms. The molecule has 106 valence electrons. The van der Waals surface area contributed by atoms with Crippen LogP contribution >= 0.6 is 11.6 Å². The van der Waals surface area contributed by atoms with E-state index >= 15 is 0 Å². The summed E-state index contributed by atoms with van der Waals surface area (Å²) < 4.78 is 4.93. The van der Waals surface area contributed by atoms with Crippen molar-refractivity contribution in [2.24, 2.45) is 0 Å². The second-order valence-corrected chi connectivity index (χ2v) is 4.58. The van der Waals surface area contributed by atoms with Crippen molar-refractivity contribution in [3.63, 3.8) is 0 Å². The van der Waals surface area contributed by atoms with Gasteiger partial charge in [0.1, 0.15) is 0 Å². The Morgan fingerprint density at radius 3 is 2.45 bits per heavy atom. The van der Waals surface area contributed by atoms with Gasteiger partial charge in [-0.05, 0) is 31.0 Å². The van der Waals surface area contributed by atoms with Gasteiger partial charge < -0.3 is 9.84 Å². The molecule has 0 heterocycles. The minimum absolute atomic E-state index is 0.0285. The summed E-state index contributed by atoms with van der Waals surface area (Å²) in [5.41, 5.74) is -1.49. The van der Waals surface area contributed by atoms with Crippen molar-refractivity contribution in [2.75, 3.05) is 6.61 Å². The van der Waals surface area contributed by atoms with Crippen LogP contribution in [0.25, 0.3) is 0 Å². The molecule has 0 aliphatic carbocycles. The molecule has 0 amide bonds. The first kappa shape index (κ1) is 16.1. The number of rotatable bonds is 6. The van der Waals surface area contributed by atoms with Crippen molar-refractivity contribution in [2.45, 2.75) is 25.2 Å². The molecule has 0 bridgehead atoms. The van der Waals surface area contributed by atoms with Gasteiger partial charge >= 0.3 is 11.9 Å². The topological polar surface area (TPSA) is 63.6 Å². The highest BCUT2D eigenvalue weighted by Gasteiger charge is 2.48. The molecule has 1 aromatic rings. The van der Waals surface area contributed by atoms with E-state index in [4.69, 9.17) is 22.8 Å². The highest BCUT2D eigenvalue weighted by atomic mass is 35.5. The lowest BCUT2D eigenvalue weighted by Gasteiger charge is -2.27. The average molecular weight is 295 g/mol. The molecule has 0 radical (unpaired) electrons. The molecule has 20 heavy (non-hydrogen) atoms. The molecule has 0 aliphatic rings. The molecule has 0 aromatic heterocycles. The first-order chi connectivity index (χ1) is 9.48. The highest BCUT2D eigenvalue weighted by molar-refractivity contribution is 6.30. The predicted octanol–water partition coefficient (Wildman–Crippen LogP) is 2.64. The third-order valence-corrected chi connectivity index (χ3v) is 3.22. The Labute approximate surface area is 122 Å². The lowest BCUT2D eigenvalue weighted by Crippen LogP contribution is -2.45. The molecule has 4 nitrogen and oxygen atoms in total. The Morgan fingerprint density at radius 2 is 2.00 bits per heavy atom. The summed E-state index contributed by atoms with van der Waals surface area (Å²) in [7, 11) is 0. The summed E-state index contributed by atoms with van der Waals surface area (Å²) in [6.07, 6.45) is 5.31. The first-order valence-corrected chi connectivity index (χ1v) is 6.47. The zero-order valence-corrected chi connectivity index (χ0v) is 11.8. The van der Waals surface area contributed by atoms with E-state index < -0.39 is 17.4 Å². The SMILES string of the molecule is C#CCCC(C(=O)O)(C(=O)OCC)c1ccc(Cl)cc1. The number of benzene rings is 1. The van der Waals surface area contributed by atoms with Crippen molar-refractivity contribution in [3.05, 3.63) is 34.9 Å². The summed E-state index contributed by atoms with van der Waals surface area (Å²) in [5.74, 6) is 0.260. The number of terminal acetylenes is 1. The third kappa shape index (κ3) is 3.12. The third-order valence-electron chi connectivity index (χ3n) is 2.97. The van der Waals surface area contributed by atoms with Crippen LogP contribution in [-0.4, -0.2) is 23.7 Å². The van der Waals surface area contributed by atoms with Gasteiger partial charge in [-0.2, -0.15) is 0 Å². The van der Waals surface area contributed by atoms with Gasteiger partial charge in [-0.25, -0.2) is 0 Å². The molecule has 0 spiro atoms. The maximum absolute atomic E-state index is 12.2. The summed E-state index contributed by atoms with van der Waals surface area (Å²) >= 11 is 5.79. The summed E-state index contributed by atoms with van der Waals surface area (Å²) in [6, 6.07) is 6.07. The van der Waals surface area contributed by atoms with Gasteiger partial charge in [0, 0.05) is 11.4 Å². The largest absolute Gasteiger partial charge is 0.480 e. The molecular weight excluding hydrogens is 280 g/mol. The second-order valence-electron chi connectivity index (χ2n) is 4.14. The Bertz CT molecular complexity index is 530. The van der Waals surface area contributed by atoms with E-state index in [9.17, 15) is 14.7 Å². The Kier molecular flexibility index (Phi) is 5.60. The maximum Gasteiger partial charge on any atom is 0.328 e. The molecule has 0 saturated carbocycles. The van der Waals surface area contributed by atoms with Crippen LogP contribution in [0.5, 0.6) is 0 Å². The van der Waals surface area contributed by atoms with Crippen LogP contribution in [0.1, 0.15) is 25.3 Å². The molecule has 1 rings (SSSR count). The molecule has 1 aromatic carbocycles. The van der Waals surface area contributed by atoms with Gasteiger partial charge in [0.2, 0.25) is 0 Å². The summed E-state index contributed by atoms with van der Waals surface area (Å²) in [6.45, 7) is 1.71. The lowest BCUT2D eigenvalue weighted by atomic mass is 9.76. The number of halogens is 1. The van der Waals surface area contributed by atoms with Crippen LogP contribution in [0.4, 0.5) is 0 Å². The van der Waals surface area contributed by atoms with Crippen molar-refractivity contribution < 1.29 is 19.4 Å². The van der Waals surface area contributed by atoms with Gasteiger partial charge in [-0.15, -0.1) is 12.3 Å². The Balaban J connectivity index is 3.36. The quantitative estimate of drug-likeness (QED) is 0.498. The zero-order valence-electron chi connectivity index (χ0n) is 11.1. The van der Waals surface area contributed by atoms with E-state index in [1.807, 2.05) is 0 Å². The normalized spacial score (nSPS) is 13.1. The lowest BCUT2D eigenvalue weighted by molar-refractivity contribution is -0.162. The predicted molar refractivity (Wildman–Crippen MR) is 75.5 cm³/mol. The van der Waals surface area contributed by atoms with Crippen LogP contribution in [-0.2, 0) is 19.7 Å². The number of carboxylic acids is 1.